The molecule has 1 aromatic rings. The first-order chi connectivity index (χ1) is 7.25. The van der Waals surface area contributed by atoms with Crippen molar-refractivity contribution in [1.82, 2.24) is 10.2 Å². The van der Waals surface area contributed by atoms with Crippen molar-refractivity contribution in [2.75, 3.05) is 26.2 Å². The Morgan fingerprint density at radius 2 is 2.07 bits per heavy atom. The largest absolute Gasteiger partial charge is 0.314 e. The Labute approximate surface area is 94.0 Å². The molecule has 1 aromatic carbocycles. The van der Waals surface area contributed by atoms with Crippen LogP contribution in [0.2, 0.25) is 5.02 Å². The average molecular weight is 229 g/mol. The van der Waals surface area contributed by atoms with Crippen LogP contribution in [0, 0.1) is 5.82 Å². The van der Waals surface area contributed by atoms with E-state index in [1.54, 1.807) is 6.07 Å². The molecular weight excluding hydrogens is 215 g/mol. The maximum atomic E-state index is 13.2. The van der Waals surface area contributed by atoms with Gasteiger partial charge in [-0.1, -0.05) is 17.7 Å². The predicted octanol–water partition coefficient (Wildman–Crippen LogP) is 1.88. The molecule has 0 unspecified atom stereocenters. The summed E-state index contributed by atoms with van der Waals surface area (Å²) in [5, 5.41) is 3.48. The third kappa shape index (κ3) is 2.91. The van der Waals surface area contributed by atoms with Crippen molar-refractivity contribution in [2.24, 2.45) is 0 Å². The molecule has 1 aliphatic rings. The molecule has 2 nitrogen and oxygen atoms in total. The van der Waals surface area contributed by atoms with Crippen LogP contribution in [-0.2, 0) is 6.54 Å². The van der Waals surface area contributed by atoms with Gasteiger partial charge in [-0.25, -0.2) is 4.39 Å². The number of rotatable bonds is 2. The molecule has 0 saturated carbocycles. The van der Waals surface area contributed by atoms with Gasteiger partial charge in [0, 0.05) is 32.7 Å². The highest BCUT2D eigenvalue weighted by Gasteiger charge is 2.10. The highest BCUT2D eigenvalue weighted by Crippen LogP contribution is 2.16. The van der Waals surface area contributed by atoms with Crippen molar-refractivity contribution >= 4 is 11.6 Å². The minimum atomic E-state index is -0.329. The van der Waals surface area contributed by atoms with Gasteiger partial charge in [-0.15, -0.1) is 0 Å². The lowest BCUT2D eigenvalue weighted by atomic mass is 10.2. The third-order valence-corrected chi connectivity index (χ3v) is 2.91. The monoisotopic (exact) mass is 228 g/mol. The minimum absolute atomic E-state index is 0.194. The second-order valence-electron chi connectivity index (χ2n) is 3.77. The Morgan fingerprint density at radius 3 is 2.73 bits per heavy atom. The fraction of sp³-hybridized carbons (Fsp3) is 0.455. The first kappa shape index (κ1) is 10.9. The van der Waals surface area contributed by atoms with E-state index in [2.05, 4.69) is 10.2 Å². The zero-order valence-electron chi connectivity index (χ0n) is 8.47. The highest BCUT2D eigenvalue weighted by atomic mass is 35.5. The summed E-state index contributed by atoms with van der Waals surface area (Å²) >= 11 is 5.62. The number of hydrogen-bond acceptors (Lipinski definition) is 2. The number of hydrogen-bond donors (Lipinski definition) is 1. The van der Waals surface area contributed by atoms with Crippen molar-refractivity contribution in [2.45, 2.75) is 6.54 Å². The van der Waals surface area contributed by atoms with E-state index in [4.69, 9.17) is 11.6 Å². The normalized spacial score (nSPS) is 18.0. The number of nitrogens with one attached hydrogen (secondary N) is 1. The molecule has 0 atom stereocenters. The molecule has 2 rings (SSSR count). The van der Waals surface area contributed by atoms with Crippen LogP contribution in [0.25, 0.3) is 0 Å². The summed E-state index contributed by atoms with van der Waals surface area (Å²) in [7, 11) is 0. The molecule has 1 fully saturated rings. The second kappa shape index (κ2) is 4.92. The predicted molar refractivity (Wildman–Crippen MR) is 59.6 cm³/mol. The summed E-state index contributed by atoms with van der Waals surface area (Å²) in [4.78, 5) is 2.30. The van der Waals surface area contributed by atoms with E-state index in [1.807, 2.05) is 6.07 Å². The van der Waals surface area contributed by atoms with Crippen molar-refractivity contribution in [3.05, 3.63) is 34.6 Å². The van der Waals surface area contributed by atoms with Crippen LogP contribution in [-0.4, -0.2) is 31.1 Å². The Morgan fingerprint density at radius 1 is 1.33 bits per heavy atom. The van der Waals surface area contributed by atoms with Crippen LogP contribution in [0.4, 0.5) is 4.39 Å². The van der Waals surface area contributed by atoms with Gasteiger partial charge in [-0.05, 0) is 17.7 Å². The summed E-state index contributed by atoms with van der Waals surface area (Å²) in [5.74, 6) is -0.329. The first-order valence-corrected chi connectivity index (χ1v) is 5.50. The van der Waals surface area contributed by atoms with Crippen molar-refractivity contribution in [3.8, 4) is 0 Å². The Hall–Kier alpha value is -0.640. The standard InChI is InChI=1S/C11H14ClFN2/c12-10-2-1-9(7-11(10)13)8-15-5-3-14-4-6-15/h1-2,7,14H,3-6,8H2. The molecule has 1 heterocycles. The Bertz CT molecular complexity index is 337. The molecule has 82 valence electrons. The SMILES string of the molecule is Fc1cc(CN2CCNCC2)ccc1Cl. The van der Waals surface area contributed by atoms with Crippen molar-refractivity contribution < 1.29 is 4.39 Å². The molecule has 15 heavy (non-hydrogen) atoms. The average Bonchev–Trinajstić information content (AvgIpc) is 2.25. The number of benzene rings is 1. The fourth-order valence-corrected chi connectivity index (χ4v) is 1.88. The molecule has 0 bridgehead atoms. The summed E-state index contributed by atoms with van der Waals surface area (Å²) in [6.45, 7) is 4.86. The maximum Gasteiger partial charge on any atom is 0.142 e. The molecule has 1 N–H and O–H groups in total. The number of nitrogens with zero attached hydrogens (tertiary/aromatic N) is 1. The topological polar surface area (TPSA) is 15.3 Å². The van der Waals surface area contributed by atoms with E-state index in [1.165, 1.54) is 6.07 Å². The second-order valence-corrected chi connectivity index (χ2v) is 4.18. The molecule has 0 aromatic heterocycles. The lowest BCUT2D eigenvalue weighted by Crippen LogP contribution is -2.42. The molecule has 0 amide bonds. The van der Waals surface area contributed by atoms with E-state index in [0.717, 1.165) is 38.3 Å². The molecule has 1 saturated heterocycles. The quantitative estimate of drug-likeness (QED) is 0.832. The van der Waals surface area contributed by atoms with Gasteiger partial charge in [-0.3, -0.25) is 4.90 Å². The molecule has 0 aliphatic carbocycles. The number of piperazine rings is 1. The maximum absolute atomic E-state index is 13.2. The molecule has 0 spiro atoms. The van der Waals surface area contributed by atoms with Gasteiger partial charge in [0.2, 0.25) is 0 Å². The Kier molecular flexibility index (Phi) is 3.57. The van der Waals surface area contributed by atoms with Crippen LogP contribution in [0.1, 0.15) is 5.56 Å². The van der Waals surface area contributed by atoms with Gasteiger partial charge >= 0.3 is 0 Å². The smallest absolute Gasteiger partial charge is 0.142 e. The lowest BCUT2D eigenvalue weighted by molar-refractivity contribution is 0.233. The van der Waals surface area contributed by atoms with Crippen LogP contribution in [0.3, 0.4) is 0 Å². The summed E-state index contributed by atoms with van der Waals surface area (Å²) < 4.78 is 13.2. The lowest BCUT2D eigenvalue weighted by Gasteiger charge is -2.27. The summed E-state index contributed by atoms with van der Waals surface area (Å²) in [6, 6.07) is 5.02. The fourth-order valence-electron chi connectivity index (χ4n) is 1.77. The molecular formula is C11H14ClFN2. The van der Waals surface area contributed by atoms with Crippen LogP contribution < -0.4 is 5.32 Å². The third-order valence-electron chi connectivity index (χ3n) is 2.60. The zero-order chi connectivity index (χ0) is 10.7. The van der Waals surface area contributed by atoms with E-state index in [0.29, 0.717) is 0 Å². The van der Waals surface area contributed by atoms with Gasteiger partial charge in [-0.2, -0.15) is 0 Å². The van der Waals surface area contributed by atoms with E-state index < -0.39 is 0 Å². The summed E-state index contributed by atoms with van der Waals surface area (Å²) in [5.41, 5.74) is 0.985. The Balaban J connectivity index is 2.00. The van der Waals surface area contributed by atoms with E-state index in [-0.39, 0.29) is 10.8 Å². The molecule has 1 aliphatic heterocycles. The van der Waals surface area contributed by atoms with Gasteiger partial charge < -0.3 is 5.32 Å². The zero-order valence-corrected chi connectivity index (χ0v) is 9.23. The number of halogens is 2. The van der Waals surface area contributed by atoms with Gasteiger partial charge in [0.25, 0.3) is 0 Å². The highest BCUT2D eigenvalue weighted by molar-refractivity contribution is 6.30. The van der Waals surface area contributed by atoms with Crippen molar-refractivity contribution in [3.63, 3.8) is 0 Å². The van der Waals surface area contributed by atoms with Crippen molar-refractivity contribution in [1.29, 1.82) is 0 Å². The first-order valence-electron chi connectivity index (χ1n) is 5.13. The minimum Gasteiger partial charge on any atom is -0.314 e. The van der Waals surface area contributed by atoms with Crippen LogP contribution in [0.5, 0.6) is 0 Å². The van der Waals surface area contributed by atoms with Gasteiger partial charge in [0.1, 0.15) is 5.82 Å². The van der Waals surface area contributed by atoms with Crippen LogP contribution >= 0.6 is 11.6 Å². The molecule has 0 radical (unpaired) electrons. The van der Waals surface area contributed by atoms with E-state index in [9.17, 15) is 4.39 Å². The molecule has 4 heteroatoms. The van der Waals surface area contributed by atoms with Crippen LogP contribution in [0.15, 0.2) is 18.2 Å². The summed E-state index contributed by atoms with van der Waals surface area (Å²) in [6.07, 6.45) is 0. The van der Waals surface area contributed by atoms with Gasteiger partial charge in [0.05, 0.1) is 5.02 Å². The van der Waals surface area contributed by atoms with E-state index >= 15 is 0 Å². The van der Waals surface area contributed by atoms with Gasteiger partial charge in [0.15, 0.2) is 0 Å².